The third kappa shape index (κ3) is 5.01. The molecule has 0 atom stereocenters. The summed E-state index contributed by atoms with van der Waals surface area (Å²) < 4.78 is 38.2. The van der Waals surface area contributed by atoms with Crippen LogP contribution in [0.3, 0.4) is 0 Å². The number of carbonyl (C=O) groups is 1. The van der Waals surface area contributed by atoms with E-state index in [4.69, 9.17) is 0 Å². The molecule has 0 saturated carbocycles. The summed E-state index contributed by atoms with van der Waals surface area (Å²) in [6.07, 6.45) is -1.23. The Hall–Kier alpha value is -2.84. The zero-order valence-corrected chi connectivity index (χ0v) is 17.2. The highest BCUT2D eigenvalue weighted by atomic mass is 19.4. The van der Waals surface area contributed by atoms with Crippen LogP contribution in [0.1, 0.15) is 36.2 Å². The third-order valence-electron chi connectivity index (χ3n) is 5.26. The van der Waals surface area contributed by atoms with E-state index in [1.807, 2.05) is 11.0 Å². The van der Waals surface area contributed by atoms with Gasteiger partial charge in [-0.05, 0) is 44.5 Å². The predicted octanol–water partition coefficient (Wildman–Crippen LogP) is 3.69. The molecular formula is C21H26F3N5O. The lowest BCUT2D eigenvalue weighted by atomic mass is 10.2. The first kappa shape index (κ1) is 21.9. The number of nitrogens with zero attached hydrogens (tertiary/aromatic N) is 5. The standard InChI is InChI=1S/C21H26F3N5O/c1-3-27(4-2)18-8-6-16(14-25-18)20(30)29-11-5-10-28(12-13-29)19-9-7-17(15-26-19)21(22,23)24/h6-9,14-15H,3-5,10-13H2,1-2H3. The fraction of sp³-hybridized carbons (Fsp3) is 0.476. The maximum atomic E-state index is 12.9. The summed E-state index contributed by atoms with van der Waals surface area (Å²) in [7, 11) is 0. The van der Waals surface area contributed by atoms with Gasteiger partial charge in [0.05, 0.1) is 11.1 Å². The molecule has 6 nitrogen and oxygen atoms in total. The molecule has 0 radical (unpaired) electrons. The molecule has 1 amide bonds. The van der Waals surface area contributed by atoms with Gasteiger partial charge >= 0.3 is 6.18 Å². The van der Waals surface area contributed by atoms with Gasteiger partial charge in [-0.2, -0.15) is 13.2 Å². The molecule has 2 aromatic heterocycles. The van der Waals surface area contributed by atoms with Crippen LogP contribution in [0.4, 0.5) is 24.8 Å². The van der Waals surface area contributed by atoms with Crippen LogP contribution in [-0.4, -0.2) is 60.0 Å². The van der Waals surface area contributed by atoms with Crippen LogP contribution in [0.5, 0.6) is 0 Å². The molecule has 0 unspecified atom stereocenters. The van der Waals surface area contributed by atoms with Crippen molar-refractivity contribution in [1.82, 2.24) is 14.9 Å². The lowest BCUT2D eigenvalue weighted by molar-refractivity contribution is -0.137. The Morgan fingerprint density at radius 3 is 2.33 bits per heavy atom. The molecule has 3 heterocycles. The Morgan fingerprint density at radius 2 is 1.77 bits per heavy atom. The molecule has 0 aromatic carbocycles. The summed E-state index contributed by atoms with van der Waals surface area (Å²) in [6.45, 7) is 7.98. The van der Waals surface area contributed by atoms with Gasteiger partial charge in [-0.15, -0.1) is 0 Å². The second-order valence-electron chi connectivity index (χ2n) is 7.11. The Bertz CT molecular complexity index is 835. The van der Waals surface area contributed by atoms with Gasteiger partial charge in [-0.25, -0.2) is 9.97 Å². The van der Waals surface area contributed by atoms with Gasteiger partial charge in [0.15, 0.2) is 0 Å². The van der Waals surface area contributed by atoms with Crippen molar-refractivity contribution in [2.45, 2.75) is 26.4 Å². The van der Waals surface area contributed by atoms with Crippen LogP contribution < -0.4 is 9.80 Å². The van der Waals surface area contributed by atoms with E-state index in [0.29, 0.717) is 44.0 Å². The maximum absolute atomic E-state index is 12.9. The molecular weight excluding hydrogens is 395 g/mol. The van der Waals surface area contributed by atoms with Crippen molar-refractivity contribution >= 4 is 17.5 Å². The van der Waals surface area contributed by atoms with Crippen molar-refractivity contribution in [3.63, 3.8) is 0 Å². The SMILES string of the molecule is CCN(CC)c1ccc(C(=O)N2CCCN(c3ccc(C(F)(F)F)cn3)CC2)cn1. The minimum Gasteiger partial charge on any atom is -0.357 e. The molecule has 30 heavy (non-hydrogen) atoms. The fourth-order valence-electron chi connectivity index (χ4n) is 3.52. The number of anilines is 2. The minimum atomic E-state index is -4.40. The van der Waals surface area contributed by atoms with Crippen LogP contribution in [0.25, 0.3) is 0 Å². The fourth-order valence-corrected chi connectivity index (χ4v) is 3.52. The summed E-state index contributed by atoms with van der Waals surface area (Å²) in [6, 6.07) is 6.08. The van der Waals surface area contributed by atoms with Gasteiger partial charge in [0.2, 0.25) is 0 Å². The Balaban J connectivity index is 1.64. The summed E-state index contributed by atoms with van der Waals surface area (Å²) in [4.78, 5) is 27.0. The number of rotatable bonds is 5. The van der Waals surface area contributed by atoms with E-state index in [1.165, 1.54) is 6.07 Å². The van der Waals surface area contributed by atoms with Crippen LogP contribution in [0.15, 0.2) is 36.7 Å². The highest BCUT2D eigenvalue weighted by Gasteiger charge is 2.31. The first-order valence-electron chi connectivity index (χ1n) is 10.1. The molecule has 3 rings (SSSR count). The molecule has 1 saturated heterocycles. The van der Waals surface area contributed by atoms with Gasteiger partial charge < -0.3 is 14.7 Å². The number of hydrogen-bond acceptors (Lipinski definition) is 5. The topological polar surface area (TPSA) is 52.6 Å². The molecule has 2 aromatic rings. The van der Waals surface area contributed by atoms with Crippen LogP contribution >= 0.6 is 0 Å². The Morgan fingerprint density at radius 1 is 1.00 bits per heavy atom. The summed E-state index contributed by atoms with van der Waals surface area (Å²) in [5.74, 6) is 1.24. The zero-order valence-electron chi connectivity index (χ0n) is 17.2. The number of amides is 1. The summed E-state index contributed by atoms with van der Waals surface area (Å²) in [5, 5.41) is 0. The Labute approximate surface area is 174 Å². The molecule has 1 fully saturated rings. The van der Waals surface area contributed by atoms with Gasteiger partial charge in [0, 0.05) is 51.7 Å². The third-order valence-corrected chi connectivity index (χ3v) is 5.26. The summed E-state index contributed by atoms with van der Waals surface area (Å²) in [5.41, 5.74) is -0.231. The molecule has 0 spiro atoms. The normalized spacial score (nSPS) is 15.1. The quantitative estimate of drug-likeness (QED) is 0.737. The summed E-state index contributed by atoms with van der Waals surface area (Å²) >= 11 is 0. The van der Waals surface area contributed by atoms with E-state index in [0.717, 1.165) is 31.2 Å². The van der Waals surface area contributed by atoms with Gasteiger partial charge in [-0.1, -0.05) is 0 Å². The second-order valence-corrected chi connectivity index (χ2v) is 7.11. The van der Waals surface area contributed by atoms with Crippen molar-refractivity contribution in [2.75, 3.05) is 49.1 Å². The van der Waals surface area contributed by atoms with Crippen molar-refractivity contribution < 1.29 is 18.0 Å². The van der Waals surface area contributed by atoms with E-state index >= 15 is 0 Å². The van der Waals surface area contributed by atoms with Crippen LogP contribution in [0.2, 0.25) is 0 Å². The zero-order chi connectivity index (χ0) is 21.7. The number of alkyl halides is 3. The number of pyridine rings is 2. The lowest BCUT2D eigenvalue weighted by Gasteiger charge is -2.23. The number of halogens is 3. The minimum absolute atomic E-state index is 0.0872. The average Bonchev–Trinajstić information content (AvgIpc) is 3.00. The molecule has 9 heteroatoms. The van der Waals surface area contributed by atoms with Gasteiger partial charge in [0.25, 0.3) is 5.91 Å². The number of carbonyl (C=O) groups excluding carboxylic acids is 1. The van der Waals surface area contributed by atoms with E-state index < -0.39 is 11.7 Å². The predicted molar refractivity (Wildman–Crippen MR) is 110 cm³/mol. The number of hydrogen-bond donors (Lipinski definition) is 0. The van der Waals surface area contributed by atoms with Crippen LogP contribution in [0, 0.1) is 0 Å². The highest BCUT2D eigenvalue weighted by Crippen LogP contribution is 2.29. The van der Waals surface area contributed by atoms with Crippen molar-refractivity contribution in [1.29, 1.82) is 0 Å². The smallest absolute Gasteiger partial charge is 0.357 e. The maximum Gasteiger partial charge on any atom is 0.417 e. The second kappa shape index (κ2) is 9.32. The van der Waals surface area contributed by atoms with Crippen molar-refractivity contribution in [3.8, 4) is 0 Å². The molecule has 162 valence electrons. The van der Waals surface area contributed by atoms with Gasteiger partial charge in [0.1, 0.15) is 11.6 Å². The van der Waals surface area contributed by atoms with E-state index in [-0.39, 0.29) is 5.91 Å². The lowest BCUT2D eigenvalue weighted by Crippen LogP contribution is -2.35. The van der Waals surface area contributed by atoms with Crippen LogP contribution in [-0.2, 0) is 6.18 Å². The largest absolute Gasteiger partial charge is 0.417 e. The molecule has 1 aliphatic rings. The van der Waals surface area contributed by atoms with E-state index in [9.17, 15) is 18.0 Å². The van der Waals surface area contributed by atoms with Crippen molar-refractivity contribution in [3.05, 3.63) is 47.8 Å². The highest BCUT2D eigenvalue weighted by molar-refractivity contribution is 5.94. The first-order chi connectivity index (χ1) is 14.3. The molecule has 0 aliphatic carbocycles. The number of aromatic nitrogens is 2. The van der Waals surface area contributed by atoms with Crippen molar-refractivity contribution in [2.24, 2.45) is 0 Å². The molecule has 0 N–H and O–H groups in total. The van der Waals surface area contributed by atoms with E-state index in [2.05, 4.69) is 28.7 Å². The average molecular weight is 421 g/mol. The Kier molecular flexibility index (Phi) is 6.79. The van der Waals surface area contributed by atoms with Gasteiger partial charge in [-0.3, -0.25) is 4.79 Å². The first-order valence-corrected chi connectivity index (χ1v) is 10.1. The molecule has 1 aliphatic heterocycles. The van der Waals surface area contributed by atoms with E-state index in [1.54, 1.807) is 17.2 Å². The molecule has 0 bridgehead atoms. The monoisotopic (exact) mass is 421 g/mol.